The van der Waals surface area contributed by atoms with Crippen molar-refractivity contribution in [1.82, 2.24) is 4.31 Å². The van der Waals surface area contributed by atoms with Crippen molar-refractivity contribution in [3.63, 3.8) is 0 Å². The molecule has 2 atom stereocenters. The summed E-state index contributed by atoms with van der Waals surface area (Å²) < 4.78 is 26.5. The Labute approximate surface area is 112 Å². The Kier molecular flexibility index (Phi) is 5.21. The molecule has 0 amide bonds. The minimum Gasteiger partial charge on any atom is -0.326 e. The van der Waals surface area contributed by atoms with Crippen LogP contribution in [-0.4, -0.2) is 37.1 Å². The van der Waals surface area contributed by atoms with E-state index in [4.69, 9.17) is 5.73 Å². The van der Waals surface area contributed by atoms with Crippen molar-refractivity contribution in [2.75, 3.05) is 12.3 Å². The van der Waals surface area contributed by atoms with Crippen LogP contribution in [0.4, 0.5) is 0 Å². The minimum atomic E-state index is -3.16. The maximum atomic E-state index is 12.4. The van der Waals surface area contributed by atoms with Crippen molar-refractivity contribution in [3.8, 4) is 0 Å². The average Bonchev–Trinajstić information content (AvgIpc) is 2.26. The molecule has 1 rings (SSSR count). The van der Waals surface area contributed by atoms with E-state index < -0.39 is 10.0 Å². The van der Waals surface area contributed by atoms with Gasteiger partial charge in [-0.2, -0.15) is 4.31 Å². The predicted octanol–water partition coefficient (Wildman–Crippen LogP) is 1.95. The first-order chi connectivity index (χ1) is 8.13. The van der Waals surface area contributed by atoms with Gasteiger partial charge in [-0.1, -0.05) is 27.2 Å². The van der Waals surface area contributed by atoms with Crippen LogP contribution in [0.3, 0.4) is 0 Å². The molecule has 1 fully saturated rings. The zero-order valence-corrected chi connectivity index (χ0v) is 13.0. The molecule has 18 heavy (non-hydrogen) atoms. The van der Waals surface area contributed by atoms with Crippen LogP contribution in [0.15, 0.2) is 0 Å². The van der Waals surface area contributed by atoms with Crippen molar-refractivity contribution in [3.05, 3.63) is 0 Å². The fraction of sp³-hybridized carbons (Fsp3) is 1.00. The number of nitrogens with two attached hydrogens (primary N) is 1. The van der Waals surface area contributed by atoms with Gasteiger partial charge < -0.3 is 5.73 Å². The van der Waals surface area contributed by atoms with Gasteiger partial charge in [0.15, 0.2) is 0 Å². The molecule has 0 saturated carbocycles. The first-order valence-corrected chi connectivity index (χ1v) is 8.49. The highest BCUT2D eigenvalue weighted by Crippen LogP contribution is 2.25. The number of sulfonamides is 1. The molecule has 4 nitrogen and oxygen atoms in total. The maximum absolute atomic E-state index is 12.4. The molecule has 1 aliphatic heterocycles. The first kappa shape index (κ1) is 15.9. The lowest BCUT2D eigenvalue weighted by Gasteiger charge is -2.37. The second-order valence-electron chi connectivity index (χ2n) is 6.66. The highest BCUT2D eigenvalue weighted by Gasteiger charge is 2.34. The molecule has 2 N–H and O–H groups in total. The third-order valence-corrected chi connectivity index (χ3v) is 5.46. The van der Waals surface area contributed by atoms with Gasteiger partial charge in [-0.25, -0.2) is 8.42 Å². The maximum Gasteiger partial charge on any atom is 0.214 e. The second kappa shape index (κ2) is 5.88. The largest absolute Gasteiger partial charge is 0.326 e. The zero-order chi connectivity index (χ0) is 14.0. The molecule has 5 heteroatoms. The Hall–Kier alpha value is -0.130. The zero-order valence-electron chi connectivity index (χ0n) is 12.1. The quantitative estimate of drug-likeness (QED) is 0.853. The lowest BCUT2D eigenvalue weighted by molar-refractivity contribution is 0.226. The molecule has 0 aromatic rings. The van der Waals surface area contributed by atoms with Crippen molar-refractivity contribution in [2.24, 2.45) is 11.1 Å². The second-order valence-corrected chi connectivity index (χ2v) is 8.70. The standard InChI is InChI=1S/C13H28N2O2S/c1-11(14)12-7-5-6-9-15(12)18(16,17)10-8-13(2,3)4/h11-12H,5-10,14H2,1-4H3. The van der Waals surface area contributed by atoms with E-state index in [0.29, 0.717) is 13.0 Å². The molecule has 0 aromatic carbocycles. The normalized spacial score (nSPS) is 25.1. The molecule has 1 saturated heterocycles. The van der Waals surface area contributed by atoms with Crippen LogP contribution in [0.2, 0.25) is 0 Å². The SMILES string of the molecule is CC(N)C1CCCCN1S(=O)(=O)CCC(C)(C)C. The minimum absolute atomic E-state index is 0.0104. The van der Waals surface area contributed by atoms with E-state index >= 15 is 0 Å². The van der Waals surface area contributed by atoms with Gasteiger partial charge >= 0.3 is 0 Å². The van der Waals surface area contributed by atoms with Gasteiger partial charge in [-0.15, -0.1) is 0 Å². The summed E-state index contributed by atoms with van der Waals surface area (Å²) in [6.45, 7) is 8.76. The Morgan fingerprint density at radius 3 is 2.44 bits per heavy atom. The van der Waals surface area contributed by atoms with Gasteiger partial charge in [0.2, 0.25) is 10.0 Å². The summed E-state index contributed by atoms with van der Waals surface area (Å²) in [5.41, 5.74) is 5.98. The molecule has 2 unspecified atom stereocenters. The van der Waals surface area contributed by atoms with Gasteiger partial charge in [-0.3, -0.25) is 0 Å². The van der Waals surface area contributed by atoms with E-state index in [1.54, 1.807) is 4.31 Å². The smallest absolute Gasteiger partial charge is 0.214 e. The summed E-state index contributed by atoms with van der Waals surface area (Å²) in [5, 5.41) is 0. The van der Waals surface area contributed by atoms with Crippen LogP contribution in [0.5, 0.6) is 0 Å². The molecular weight excluding hydrogens is 248 g/mol. The first-order valence-electron chi connectivity index (χ1n) is 6.88. The third-order valence-electron chi connectivity index (χ3n) is 3.57. The molecule has 108 valence electrons. The molecule has 0 aliphatic carbocycles. The van der Waals surface area contributed by atoms with Crippen molar-refractivity contribution >= 4 is 10.0 Å². The van der Waals surface area contributed by atoms with Crippen molar-refractivity contribution < 1.29 is 8.42 Å². The summed E-state index contributed by atoms with van der Waals surface area (Å²) >= 11 is 0. The van der Waals surface area contributed by atoms with Gasteiger partial charge in [0.25, 0.3) is 0 Å². The van der Waals surface area contributed by atoms with Crippen LogP contribution in [0.25, 0.3) is 0 Å². The Balaban J connectivity index is 2.75. The average molecular weight is 276 g/mol. The fourth-order valence-electron chi connectivity index (χ4n) is 2.35. The molecule has 0 spiro atoms. The molecule has 1 aliphatic rings. The van der Waals surface area contributed by atoms with Crippen molar-refractivity contribution in [2.45, 2.75) is 65.5 Å². The number of hydrogen-bond donors (Lipinski definition) is 1. The Bertz CT molecular complexity index is 358. The van der Waals surface area contributed by atoms with Crippen LogP contribution in [0.1, 0.15) is 53.4 Å². The number of hydrogen-bond acceptors (Lipinski definition) is 3. The van der Waals surface area contributed by atoms with Crippen LogP contribution < -0.4 is 5.73 Å². The van der Waals surface area contributed by atoms with Crippen molar-refractivity contribution in [1.29, 1.82) is 0 Å². The van der Waals surface area contributed by atoms with Gasteiger partial charge in [-0.05, 0) is 31.6 Å². The summed E-state index contributed by atoms with van der Waals surface area (Å²) in [5.74, 6) is 0.236. The highest BCUT2D eigenvalue weighted by atomic mass is 32.2. The molecular formula is C13H28N2O2S. The summed E-state index contributed by atoms with van der Waals surface area (Å²) in [6, 6.07) is -0.0987. The van der Waals surface area contributed by atoms with E-state index in [2.05, 4.69) is 20.8 Å². The van der Waals surface area contributed by atoms with E-state index in [1.165, 1.54) is 0 Å². The number of nitrogens with zero attached hydrogens (tertiary/aromatic N) is 1. The topological polar surface area (TPSA) is 63.4 Å². The molecule has 0 bridgehead atoms. The van der Waals surface area contributed by atoms with E-state index in [-0.39, 0.29) is 23.3 Å². The lowest BCUT2D eigenvalue weighted by atomic mass is 9.94. The van der Waals surface area contributed by atoms with Gasteiger partial charge in [0.1, 0.15) is 0 Å². The Morgan fingerprint density at radius 1 is 1.33 bits per heavy atom. The van der Waals surface area contributed by atoms with Crippen LogP contribution >= 0.6 is 0 Å². The van der Waals surface area contributed by atoms with Gasteiger partial charge in [0, 0.05) is 18.6 Å². The molecule has 0 aromatic heterocycles. The monoisotopic (exact) mass is 276 g/mol. The summed E-state index contributed by atoms with van der Waals surface area (Å²) in [4.78, 5) is 0. The van der Waals surface area contributed by atoms with E-state index in [1.807, 2.05) is 6.92 Å². The number of rotatable bonds is 4. The van der Waals surface area contributed by atoms with Crippen LogP contribution in [0, 0.1) is 5.41 Å². The van der Waals surface area contributed by atoms with E-state index in [9.17, 15) is 8.42 Å². The third kappa shape index (κ3) is 4.52. The Morgan fingerprint density at radius 2 is 1.94 bits per heavy atom. The lowest BCUT2D eigenvalue weighted by Crippen LogP contribution is -2.52. The number of piperidine rings is 1. The predicted molar refractivity (Wildman–Crippen MR) is 75.9 cm³/mol. The fourth-order valence-corrected chi connectivity index (χ4v) is 4.58. The molecule has 1 heterocycles. The highest BCUT2D eigenvalue weighted by molar-refractivity contribution is 7.89. The van der Waals surface area contributed by atoms with Crippen LogP contribution in [-0.2, 0) is 10.0 Å². The molecule has 0 radical (unpaired) electrons. The summed E-state index contributed by atoms with van der Waals surface area (Å²) in [7, 11) is -3.16. The van der Waals surface area contributed by atoms with E-state index in [0.717, 1.165) is 19.3 Å². The summed E-state index contributed by atoms with van der Waals surface area (Å²) in [6.07, 6.45) is 3.62. The van der Waals surface area contributed by atoms with Gasteiger partial charge in [0.05, 0.1) is 5.75 Å².